The molecule has 0 aliphatic carbocycles. The van der Waals surface area contributed by atoms with E-state index in [4.69, 9.17) is 0 Å². The third-order valence-corrected chi connectivity index (χ3v) is 2.88. The van der Waals surface area contributed by atoms with Crippen LogP contribution in [-0.2, 0) is 13.6 Å². The summed E-state index contributed by atoms with van der Waals surface area (Å²) in [7, 11) is 3.72. The highest BCUT2D eigenvalue weighted by Crippen LogP contribution is 2.11. The zero-order chi connectivity index (χ0) is 11.5. The fraction of sp³-hybridized carbons (Fsp3) is 0.636. The van der Waals surface area contributed by atoms with E-state index in [1.54, 1.807) is 15.8 Å². The van der Waals surface area contributed by atoms with Gasteiger partial charge in [-0.25, -0.2) is 4.79 Å². The molecule has 0 bridgehead atoms. The maximum Gasteiger partial charge on any atom is 0.320 e. The van der Waals surface area contributed by atoms with Crippen molar-refractivity contribution in [2.75, 3.05) is 20.1 Å². The summed E-state index contributed by atoms with van der Waals surface area (Å²) in [5, 5.41) is 4.09. The third kappa shape index (κ3) is 2.35. The molecule has 1 aliphatic heterocycles. The molecular formula is C11H18N4O. The Labute approximate surface area is 95.6 Å². The molecule has 1 aliphatic rings. The molecule has 1 aromatic rings. The van der Waals surface area contributed by atoms with Gasteiger partial charge in [0, 0.05) is 38.9 Å². The van der Waals surface area contributed by atoms with Crippen LogP contribution in [0.1, 0.15) is 18.4 Å². The van der Waals surface area contributed by atoms with E-state index in [1.807, 2.05) is 25.2 Å². The Morgan fingerprint density at radius 1 is 1.50 bits per heavy atom. The summed E-state index contributed by atoms with van der Waals surface area (Å²) >= 11 is 0. The van der Waals surface area contributed by atoms with Gasteiger partial charge in [-0.1, -0.05) is 0 Å². The summed E-state index contributed by atoms with van der Waals surface area (Å²) in [5.41, 5.74) is 1.07. The summed E-state index contributed by atoms with van der Waals surface area (Å²) in [5.74, 6) is 0. The van der Waals surface area contributed by atoms with Crippen molar-refractivity contribution in [2.45, 2.75) is 19.4 Å². The van der Waals surface area contributed by atoms with Gasteiger partial charge in [0.1, 0.15) is 0 Å². The van der Waals surface area contributed by atoms with Crippen LogP contribution in [-0.4, -0.2) is 45.7 Å². The van der Waals surface area contributed by atoms with Crippen molar-refractivity contribution in [3.05, 3.63) is 18.0 Å². The Bertz CT molecular complexity index is 368. The lowest BCUT2D eigenvalue weighted by molar-refractivity contribution is 0.171. The van der Waals surface area contributed by atoms with E-state index >= 15 is 0 Å². The van der Waals surface area contributed by atoms with E-state index < -0.39 is 0 Å². The van der Waals surface area contributed by atoms with Gasteiger partial charge in [-0.05, 0) is 12.8 Å². The number of aromatic nitrogens is 2. The molecule has 0 aromatic carbocycles. The van der Waals surface area contributed by atoms with Gasteiger partial charge in [-0.15, -0.1) is 0 Å². The number of rotatable bonds is 2. The summed E-state index contributed by atoms with van der Waals surface area (Å²) in [6.45, 7) is 2.43. The van der Waals surface area contributed by atoms with Gasteiger partial charge >= 0.3 is 6.03 Å². The zero-order valence-corrected chi connectivity index (χ0v) is 9.89. The van der Waals surface area contributed by atoms with Gasteiger partial charge in [-0.2, -0.15) is 5.10 Å². The van der Waals surface area contributed by atoms with E-state index in [0.717, 1.165) is 31.5 Å². The number of hydrogen-bond acceptors (Lipinski definition) is 2. The van der Waals surface area contributed by atoms with Crippen LogP contribution in [0.3, 0.4) is 0 Å². The van der Waals surface area contributed by atoms with Crippen molar-refractivity contribution in [3.8, 4) is 0 Å². The number of carbonyl (C=O) groups is 1. The predicted octanol–water partition coefficient (Wildman–Crippen LogP) is 1.07. The number of nitrogens with zero attached hydrogens (tertiary/aromatic N) is 4. The summed E-state index contributed by atoms with van der Waals surface area (Å²) in [6.07, 6.45) is 6.00. The largest absolute Gasteiger partial charge is 0.325 e. The first-order chi connectivity index (χ1) is 7.66. The first-order valence-corrected chi connectivity index (χ1v) is 5.64. The fourth-order valence-electron chi connectivity index (χ4n) is 2.04. The van der Waals surface area contributed by atoms with Gasteiger partial charge < -0.3 is 9.80 Å². The topological polar surface area (TPSA) is 41.4 Å². The van der Waals surface area contributed by atoms with Crippen molar-refractivity contribution in [1.82, 2.24) is 19.6 Å². The average Bonchev–Trinajstić information content (AvgIpc) is 2.88. The Hall–Kier alpha value is -1.52. The quantitative estimate of drug-likeness (QED) is 0.751. The van der Waals surface area contributed by atoms with Crippen LogP contribution in [0.4, 0.5) is 4.79 Å². The maximum absolute atomic E-state index is 12.0. The first-order valence-electron chi connectivity index (χ1n) is 5.64. The molecule has 88 valence electrons. The van der Waals surface area contributed by atoms with E-state index in [0.29, 0.717) is 6.54 Å². The van der Waals surface area contributed by atoms with Crippen LogP contribution in [0, 0.1) is 0 Å². The minimum Gasteiger partial charge on any atom is -0.325 e. The lowest BCUT2D eigenvalue weighted by Crippen LogP contribution is -2.38. The molecule has 0 atom stereocenters. The molecule has 2 amide bonds. The number of likely N-dealkylation sites (tertiary alicyclic amines) is 1. The number of hydrogen-bond donors (Lipinski definition) is 0. The first kappa shape index (κ1) is 11.0. The summed E-state index contributed by atoms with van der Waals surface area (Å²) < 4.78 is 1.75. The van der Waals surface area contributed by atoms with Gasteiger partial charge in [-0.3, -0.25) is 4.68 Å². The standard InChI is InChI=1S/C11H18N4O/c1-13(8-10-7-12-14(2)9-10)11(16)15-5-3-4-6-15/h7,9H,3-6,8H2,1-2H3. The zero-order valence-electron chi connectivity index (χ0n) is 9.89. The van der Waals surface area contributed by atoms with Crippen LogP contribution in [0.15, 0.2) is 12.4 Å². The van der Waals surface area contributed by atoms with E-state index in [-0.39, 0.29) is 6.03 Å². The summed E-state index contributed by atoms with van der Waals surface area (Å²) in [6, 6.07) is 0.126. The fourth-order valence-corrected chi connectivity index (χ4v) is 2.04. The highest BCUT2D eigenvalue weighted by molar-refractivity contribution is 5.74. The maximum atomic E-state index is 12.0. The SMILES string of the molecule is CN(Cc1cnn(C)c1)C(=O)N1CCCC1. The third-order valence-electron chi connectivity index (χ3n) is 2.88. The smallest absolute Gasteiger partial charge is 0.320 e. The molecular weight excluding hydrogens is 204 g/mol. The van der Waals surface area contributed by atoms with E-state index in [2.05, 4.69) is 5.10 Å². The van der Waals surface area contributed by atoms with Gasteiger partial charge in [0.2, 0.25) is 0 Å². The minimum absolute atomic E-state index is 0.126. The van der Waals surface area contributed by atoms with Crippen molar-refractivity contribution in [3.63, 3.8) is 0 Å². The minimum atomic E-state index is 0.126. The van der Waals surface area contributed by atoms with Crippen molar-refractivity contribution < 1.29 is 4.79 Å². The van der Waals surface area contributed by atoms with Crippen molar-refractivity contribution in [2.24, 2.45) is 7.05 Å². The molecule has 0 radical (unpaired) electrons. The Balaban J connectivity index is 1.91. The predicted molar refractivity (Wildman–Crippen MR) is 60.9 cm³/mol. The van der Waals surface area contributed by atoms with Crippen LogP contribution in [0.5, 0.6) is 0 Å². The monoisotopic (exact) mass is 222 g/mol. The second kappa shape index (κ2) is 4.55. The number of carbonyl (C=O) groups excluding carboxylic acids is 1. The van der Waals surface area contributed by atoms with Gasteiger partial charge in [0.05, 0.1) is 12.7 Å². The van der Waals surface area contributed by atoms with Crippen LogP contribution >= 0.6 is 0 Å². The lowest BCUT2D eigenvalue weighted by atomic mass is 10.3. The second-order valence-electron chi connectivity index (χ2n) is 4.36. The highest BCUT2D eigenvalue weighted by atomic mass is 16.2. The van der Waals surface area contributed by atoms with Gasteiger partial charge in [0.15, 0.2) is 0 Å². The molecule has 0 spiro atoms. The molecule has 0 unspecified atom stereocenters. The molecule has 16 heavy (non-hydrogen) atoms. The second-order valence-corrected chi connectivity index (χ2v) is 4.36. The molecule has 0 N–H and O–H groups in total. The number of aryl methyl sites for hydroxylation is 1. The molecule has 5 heteroatoms. The average molecular weight is 222 g/mol. The molecule has 2 rings (SSSR count). The number of urea groups is 1. The Morgan fingerprint density at radius 3 is 2.75 bits per heavy atom. The Morgan fingerprint density at radius 2 is 2.19 bits per heavy atom. The van der Waals surface area contributed by atoms with Gasteiger partial charge in [0.25, 0.3) is 0 Å². The van der Waals surface area contributed by atoms with Crippen molar-refractivity contribution >= 4 is 6.03 Å². The normalized spacial score (nSPS) is 15.5. The van der Waals surface area contributed by atoms with Crippen LogP contribution < -0.4 is 0 Å². The molecule has 1 fully saturated rings. The van der Waals surface area contributed by atoms with Crippen LogP contribution in [0.25, 0.3) is 0 Å². The highest BCUT2D eigenvalue weighted by Gasteiger charge is 2.21. The molecule has 0 saturated carbocycles. The Kier molecular flexibility index (Phi) is 3.12. The lowest BCUT2D eigenvalue weighted by Gasteiger charge is -2.23. The summed E-state index contributed by atoms with van der Waals surface area (Å²) in [4.78, 5) is 15.6. The molecule has 1 aromatic heterocycles. The molecule has 2 heterocycles. The van der Waals surface area contributed by atoms with Crippen LogP contribution in [0.2, 0.25) is 0 Å². The van der Waals surface area contributed by atoms with E-state index in [9.17, 15) is 4.79 Å². The number of amides is 2. The van der Waals surface area contributed by atoms with Crippen molar-refractivity contribution in [1.29, 1.82) is 0 Å². The van der Waals surface area contributed by atoms with E-state index in [1.165, 1.54) is 0 Å². The molecule has 1 saturated heterocycles. The molecule has 5 nitrogen and oxygen atoms in total.